The van der Waals surface area contributed by atoms with Gasteiger partial charge in [0.2, 0.25) is 0 Å². The summed E-state index contributed by atoms with van der Waals surface area (Å²) in [5, 5.41) is 6.33. The van der Waals surface area contributed by atoms with Gasteiger partial charge in [0, 0.05) is 18.6 Å². The van der Waals surface area contributed by atoms with E-state index in [9.17, 15) is 4.79 Å². The van der Waals surface area contributed by atoms with Crippen molar-refractivity contribution in [2.24, 2.45) is 5.92 Å². The van der Waals surface area contributed by atoms with Gasteiger partial charge >= 0.3 is 6.09 Å². The zero-order valence-electron chi connectivity index (χ0n) is 12.4. The van der Waals surface area contributed by atoms with Gasteiger partial charge < -0.3 is 15.4 Å². The molecule has 1 aliphatic rings. The van der Waals surface area contributed by atoms with Crippen LogP contribution in [-0.2, 0) is 4.74 Å². The standard InChI is InChI=1S/C14H28N2O2/c1-10(16-11(2)12-7-6-8-12)9-15-13(17)18-14(3,4)5/h10-12,16H,6-9H2,1-5H3,(H,15,17). The molecule has 4 nitrogen and oxygen atoms in total. The van der Waals surface area contributed by atoms with Crippen LogP contribution in [0.5, 0.6) is 0 Å². The Bertz CT molecular complexity index is 269. The molecule has 2 N–H and O–H groups in total. The molecule has 106 valence electrons. The summed E-state index contributed by atoms with van der Waals surface area (Å²) in [6, 6.07) is 0.808. The maximum Gasteiger partial charge on any atom is 0.407 e. The third kappa shape index (κ3) is 5.71. The fourth-order valence-corrected chi connectivity index (χ4v) is 2.13. The lowest BCUT2D eigenvalue weighted by Crippen LogP contribution is -2.47. The van der Waals surface area contributed by atoms with Crippen molar-refractivity contribution in [3.63, 3.8) is 0 Å². The highest BCUT2D eigenvalue weighted by atomic mass is 16.6. The molecule has 0 aromatic rings. The molecule has 0 radical (unpaired) electrons. The molecule has 0 spiro atoms. The van der Waals surface area contributed by atoms with E-state index < -0.39 is 5.60 Å². The van der Waals surface area contributed by atoms with Crippen molar-refractivity contribution in [3.05, 3.63) is 0 Å². The first-order valence-electron chi connectivity index (χ1n) is 7.01. The Labute approximate surface area is 111 Å². The quantitative estimate of drug-likeness (QED) is 0.795. The van der Waals surface area contributed by atoms with E-state index in [1.165, 1.54) is 19.3 Å². The number of hydrogen-bond acceptors (Lipinski definition) is 3. The normalized spacial score (nSPS) is 19.8. The van der Waals surface area contributed by atoms with Gasteiger partial charge in [0.1, 0.15) is 5.60 Å². The second-order valence-electron chi connectivity index (χ2n) is 6.43. The van der Waals surface area contributed by atoms with Gasteiger partial charge in [-0.05, 0) is 53.4 Å². The number of carbonyl (C=O) groups excluding carboxylic acids is 1. The Morgan fingerprint density at radius 1 is 1.33 bits per heavy atom. The summed E-state index contributed by atoms with van der Waals surface area (Å²) >= 11 is 0. The lowest BCUT2D eigenvalue weighted by Gasteiger charge is -2.34. The van der Waals surface area contributed by atoms with Crippen LogP contribution in [0.2, 0.25) is 0 Å². The van der Waals surface area contributed by atoms with E-state index in [1.54, 1.807) is 0 Å². The van der Waals surface area contributed by atoms with E-state index in [0.717, 1.165) is 5.92 Å². The number of rotatable bonds is 5. The van der Waals surface area contributed by atoms with E-state index in [-0.39, 0.29) is 12.1 Å². The number of carbonyl (C=O) groups is 1. The van der Waals surface area contributed by atoms with Crippen LogP contribution in [0.3, 0.4) is 0 Å². The molecule has 1 aliphatic carbocycles. The summed E-state index contributed by atoms with van der Waals surface area (Å²) < 4.78 is 5.20. The Hall–Kier alpha value is -0.770. The minimum Gasteiger partial charge on any atom is -0.444 e. The summed E-state index contributed by atoms with van der Waals surface area (Å²) in [5.41, 5.74) is -0.431. The summed E-state index contributed by atoms with van der Waals surface area (Å²) in [5.74, 6) is 0.814. The minimum absolute atomic E-state index is 0.271. The smallest absolute Gasteiger partial charge is 0.407 e. The van der Waals surface area contributed by atoms with Gasteiger partial charge in [-0.2, -0.15) is 0 Å². The molecule has 1 saturated carbocycles. The Balaban J connectivity index is 2.15. The fraction of sp³-hybridized carbons (Fsp3) is 0.929. The van der Waals surface area contributed by atoms with Gasteiger partial charge in [-0.1, -0.05) is 6.42 Å². The van der Waals surface area contributed by atoms with Gasteiger partial charge in [0.25, 0.3) is 0 Å². The van der Waals surface area contributed by atoms with Crippen LogP contribution in [0.15, 0.2) is 0 Å². The second kappa shape index (κ2) is 6.41. The molecule has 1 fully saturated rings. The van der Waals surface area contributed by atoms with Crippen molar-refractivity contribution in [2.75, 3.05) is 6.54 Å². The first-order valence-corrected chi connectivity index (χ1v) is 7.01. The first kappa shape index (κ1) is 15.3. The molecular formula is C14H28N2O2. The van der Waals surface area contributed by atoms with Crippen LogP contribution in [0.1, 0.15) is 53.9 Å². The topological polar surface area (TPSA) is 50.4 Å². The summed E-state index contributed by atoms with van der Waals surface area (Å²) in [7, 11) is 0. The van der Waals surface area contributed by atoms with Crippen LogP contribution in [-0.4, -0.2) is 30.3 Å². The predicted molar refractivity (Wildman–Crippen MR) is 73.6 cm³/mol. The number of ether oxygens (including phenoxy) is 1. The Morgan fingerprint density at radius 2 is 1.94 bits per heavy atom. The second-order valence-corrected chi connectivity index (χ2v) is 6.43. The van der Waals surface area contributed by atoms with Gasteiger partial charge in [-0.3, -0.25) is 0 Å². The number of nitrogens with one attached hydrogen (secondary N) is 2. The van der Waals surface area contributed by atoms with E-state index in [0.29, 0.717) is 12.6 Å². The summed E-state index contributed by atoms with van der Waals surface area (Å²) in [4.78, 5) is 11.5. The number of amides is 1. The molecule has 0 aromatic carbocycles. The van der Waals surface area contributed by atoms with Crippen molar-refractivity contribution in [1.29, 1.82) is 0 Å². The lowest BCUT2D eigenvalue weighted by molar-refractivity contribution is 0.0521. The van der Waals surface area contributed by atoms with E-state index >= 15 is 0 Å². The molecule has 0 bridgehead atoms. The number of alkyl carbamates (subject to hydrolysis) is 1. The molecule has 1 amide bonds. The van der Waals surface area contributed by atoms with Crippen LogP contribution in [0.25, 0.3) is 0 Å². The molecule has 0 aliphatic heterocycles. The van der Waals surface area contributed by atoms with E-state index in [2.05, 4.69) is 24.5 Å². The molecule has 4 heteroatoms. The van der Waals surface area contributed by atoms with Gasteiger partial charge in [0.15, 0.2) is 0 Å². The molecule has 18 heavy (non-hydrogen) atoms. The molecule has 2 unspecified atom stereocenters. The van der Waals surface area contributed by atoms with Gasteiger partial charge in [0.05, 0.1) is 0 Å². The van der Waals surface area contributed by atoms with Crippen molar-refractivity contribution in [3.8, 4) is 0 Å². The molecular weight excluding hydrogens is 228 g/mol. The van der Waals surface area contributed by atoms with Gasteiger partial charge in [-0.15, -0.1) is 0 Å². The van der Waals surface area contributed by atoms with E-state index in [1.807, 2.05) is 20.8 Å². The third-order valence-corrected chi connectivity index (χ3v) is 3.36. The van der Waals surface area contributed by atoms with Crippen LogP contribution >= 0.6 is 0 Å². The summed E-state index contributed by atoms with van der Waals surface area (Å²) in [6.07, 6.45) is 3.69. The maximum absolute atomic E-state index is 11.5. The average molecular weight is 256 g/mol. The summed E-state index contributed by atoms with van der Waals surface area (Å²) in [6.45, 7) is 10.5. The van der Waals surface area contributed by atoms with Crippen molar-refractivity contribution in [1.82, 2.24) is 10.6 Å². The van der Waals surface area contributed by atoms with Crippen LogP contribution < -0.4 is 10.6 Å². The SMILES string of the molecule is CC(CNC(=O)OC(C)(C)C)NC(C)C1CCC1. The highest BCUT2D eigenvalue weighted by Gasteiger charge is 2.24. The van der Waals surface area contributed by atoms with Gasteiger partial charge in [-0.25, -0.2) is 4.79 Å². The van der Waals surface area contributed by atoms with Crippen molar-refractivity contribution in [2.45, 2.75) is 71.6 Å². The Kier molecular flexibility index (Phi) is 5.45. The molecule has 0 saturated heterocycles. The van der Waals surface area contributed by atoms with Crippen molar-refractivity contribution < 1.29 is 9.53 Å². The lowest BCUT2D eigenvalue weighted by atomic mass is 9.80. The highest BCUT2D eigenvalue weighted by Crippen LogP contribution is 2.29. The molecule has 2 atom stereocenters. The van der Waals surface area contributed by atoms with E-state index in [4.69, 9.17) is 4.74 Å². The third-order valence-electron chi connectivity index (χ3n) is 3.36. The Morgan fingerprint density at radius 3 is 2.39 bits per heavy atom. The number of hydrogen-bond donors (Lipinski definition) is 2. The maximum atomic E-state index is 11.5. The largest absolute Gasteiger partial charge is 0.444 e. The van der Waals surface area contributed by atoms with Crippen LogP contribution in [0, 0.1) is 5.92 Å². The average Bonchev–Trinajstić information content (AvgIpc) is 2.08. The first-order chi connectivity index (χ1) is 8.28. The molecule has 0 aromatic heterocycles. The zero-order valence-corrected chi connectivity index (χ0v) is 12.4. The minimum atomic E-state index is -0.431. The molecule has 0 heterocycles. The molecule has 1 rings (SSSR count). The van der Waals surface area contributed by atoms with Crippen molar-refractivity contribution >= 4 is 6.09 Å². The fourth-order valence-electron chi connectivity index (χ4n) is 2.13. The highest BCUT2D eigenvalue weighted by molar-refractivity contribution is 5.67. The zero-order chi connectivity index (χ0) is 13.8. The van der Waals surface area contributed by atoms with Crippen LogP contribution in [0.4, 0.5) is 4.79 Å². The monoisotopic (exact) mass is 256 g/mol. The predicted octanol–water partition coefficient (Wildman–Crippen LogP) is 2.68.